The van der Waals surface area contributed by atoms with Gasteiger partial charge in [0.05, 0.1) is 6.29 Å². The van der Waals surface area contributed by atoms with Gasteiger partial charge < -0.3 is 15.8 Å². The molecule has 0 aromatic heterocycles. The third-order valence-corrected chi connectivity index (χ3v) is 1.62. The number of para-hydroxylation sites is 1. The number of carbonyl (C=O) groups is 1. The van der Waals surface area contributed by atoms with Gasteiger partial charge in [0, 0.05) is 38.3 Å². The Morgan fingerprint density at radius 3 is 2.57 bits per heavy atom. The Bertz CT molecular complexity index is 353. The number of carbonyl (C=O) groups excluding carboxylic acids is 2. The average Bonchev–Trinajstić information content (AvgIpc) is 2.16. The van der Waals surface area contributed by atoms with Gasteiger partial charge in [-0.2, -0.15) is 6.07 Å². The Morgan fingerprint density at radius 2 is 2.14 bits per heavy atom. The first-order valence-electron chi connectivity index (χ1n) is 3.54. The first kappa shape index (κ1) is 13.3. The van der Waals surface area contributed by atoms with Crippen molar-refractivity contribution in [2.45, 2.75) is 0 Å². The van der Waals surface area contributed by atoms with Crippen molar-refractivity contribution in [2.24, 2.45) is 5.73 Å². The van der Waals surface area contributed by atoms with Gasteiger partial charge in [-0.15, -0.1) is 11.6 Å². The van der Waals surface area contributed by atoms with Crippen molar-refractivity contribution in [2.75, 3.05) is 5.32 Å². The third kappa shape index (κ3) is 2.62. The fraction of sp³-hybridized carbons (Fsp3) is 0. The molecule has 0 fully saturated rings. The molecule has 14 heavy (non-hydrogen) atoms. The first-order chi connectivity index (χ1) is 6.20. The van der Waals surface area contributed by atoms with Crippen molar-refractivity contribution >= 4 is 17.9 Å². The summed E-state index contributed by atoms with van der Waals surface area (Å²) < 4.78 is 0. The monoisotopic (exact) mass is 265 g/mol. The van der Waals surface area contributed by atoms with Crippen LogP contribution in [-0.2, 0) is 37.5 Å². The largest absolute Gasteiger partial charge is 0.590 e. The van der Waals surface area contributed by atoms with Gasteiger partial charge in [0.15, 0.2) is 0 Å². The fourth-order valence-electron chi connectivity index (χ4n) is 1.03. The van der Waals surface area contributed by atoms with Gasteiger partial charge in [0.25, 0.3) is 0 Å². The summed E-state index contributed by atoms with van der Waals surface area (Å²) >= 11 is 0. The van der Waals surface area contributed by atoms with E-state index in [0.29, 0.717) is 5.69 Å². The zero-order valence-electron chi connectivity index (χ0n) is 7.41. The molecular weight excluding hydrogens is 257 g/mol. The maximum absolute atomic E-state index is 10.9. The molecule has 1 aromatic carbocycles. The maximum atomic E-state index is 10.9. The number of primary amides is 1. The summed E-state index contributed by atoms with van der Waals surface area (Å²) in [5.41, 5.74) is 5.86. The third-order valence-electron chi connectivity index (χ3n) is 1.62. The summed E-state index contributed by atoms with van der Waals surface area (Å²) in [7, 11) is 3.37. The molecule has 4 nitrogen and oxygen atoms in total. The number of anilines is 1. The van der Waals surface area contributed by atoms with Crippen LogP contribution in [0.4, 0.5) is 5.69 Å². The predicted octanol–water partition coefficient (Wildman–Crippen LogP) is 0.444. The molecule has 0 atom stereocenters. The second kappa shape index (κ2) is 5.88. The number of nitrogens with one attached hydrogen (secondary N) is 1. The van der Waals surface area contributed by atoms with E-state index < -0.39 is 5.91 Å². The van der Waals surface area contributed by atoms with Crippen LogP contribution in [0.3, 0.4) is 0 Å². The van der Waals surface area contributed by atoms with Crippen LogP contribution in [0.5, 0.6) is 0 Å². The molecule has 3 N–H and O–H groups in total. The molecule has 0 saturated heterocycles. The Labute approximate surface area is 107 Å². The molecule has 5 heteroatoms. The Balaban J connectivity index is 0.00000169. The summed E-state index contributed by atoms with van der Waals surface area (Å²) in [6, 6.07) is 4.59. The summed E-state index contributed by atoms with van der Waals surface area (Å²) in [6.45, 7) is 0. The summed E-state index contributed by atoms with van der Waals surface area (Å²) in [4.78, 5) is 21.3. The van der Waals surface area contributed by atoms with E-state index in [1.165, 1.54) is 12.1 Å². The topological polar surface area (TPSA) is 72.2 Å². The van der Waals surface area contributed by atoms with Crippen LogP contribution < -0.4 is 11.1 Å². The number of nitrogens with two attached hydrogens (primary N) is 1. The zero-order valence-corrected chi connectivity index (χ0v) is 10.2. The zero-order chi connectivity index (χ0) is 9.84. The van der Waals surface area contributed by atoms with Crippen LogP contribution in [0.2, 0.25) is 0 Å². The predicted molar refractivity (Wildman–Crippen MR) is 48.7 cm³/mol. The molecule has 0 bridgehead atoms. The second-order valence-electron chi connectivity index (χ2n) is 2.37. The Kier molecular flexibility index (Phi) is 5.57. The van der Waals surface area contributed by atoms with E-state index in [2.05, 4.69) is 12.4 Å². The van der Waals surface area contributed by atoms with E-state index in [1.54, 1.807) is 12.4 Å². The average molecular weight is 265 g/mol. The molecule has 0 heterocycles. The summed E-state index contributed by atoms with van der Waals surface area (Å²) in [5.74, 6) is -0.608. The molecule has 1 amide bonds. The number of hydrogen-bond acceptors (Lipinski definition) is 3. The van der Waals surface area contributed by atoms with E-state index in [0.717, 1.165) is 0 Å². The van der Waals surface area contributed by atoms with Crippen molar-refractivity contribution in [3.63, 3.8) is 0 Å². The molecule has 1 radical (unpaired) electrons. The smallest absolute Gasteiger partial charge is 0.238 e. The van der Waals surface area contributed by atoms with Gasteiger partial charge in [0.2, 0.25) is 5.91 Å². The Morgan fingerprint density at radius 1 is 1.50 bits per heavy atom. The molecule has 71 valence electrons. The molecule has 0 saturated carbocycles. The minimum atomic E-state index is -0.608. The molecule has 0 spiro atoms. The van der Waals surface area contributed by atoms with Crippen molar-refractivity contribution in [3.8, 4) is 0 Å². The van der Waals surface area contributed by atoms with Gasteiger partial charge in [-0.25, -0.2) is 0 Å². The molecule has 0 aliphatic heterocycles. The number of amides is 1. The van der Waals surface area contributed by atoms with E-state index in [-0.39, 0.29) is 43.8 Å². The van der Waals surface area contributed by atoms with Crippen LogP contribution in [0, 0.1) is 7.05 Å². The van der Waals surface area contributed by atoms with Crippen molar-refractivity contribution < 1.29 is 42.3 Å². The van der Waals surface area contributed by atoms with Gasteiger partial charge >= 0.3 is 0 Å². The number of hydrogen-bond donors (Lipinski definition) is 2. The molecular formula is C9H8N2O2Y-2. The minimum absolute atomic E-state index is 0. The molecule has 1 rings (SSSR count). The van der Waals surface area contributed by atoms with E-state index in [4.69, 9.17) is 5.73 Å². The first-order valence-corrected chi connectivity index (χ1v) is 3.54. The number of benzene rings is 1. The molecule has 0 aliphatic rings. The normalized spacial score (nSPS) is 8.64. The minimum Gasteiger partial charge on any atom is -0.590 e. The number of rotatable bonds is 3. The summed E-state index contributed by atoms with van der Waals surface area (Å²) in [6.07, 6.45) is 1.68. The van der Waals surface area contributed by atoms with Gasteiger partial charge in [-0.3, -0.25) is 11.8 Å². The van der Waals surface area contributed by atoms with Crippen molar-refractivity contribution in [1.29, 1.82) is 0 Å². The quantitative estimate of drug-likeness (QED) is 0.779. The van der Waals surface area contributed by atoms with Crippen molar-refractivity contribution in [1.82, 2.24) is 0 Å². The van der Waals surface area contributed by atoms with Gasteiger partial charge in [-0.05, 0) is 0 Å². The van der Waals surface area contributed by atoms with E-state index in [1.807, 2.05) is 0 Å². The maximum Gasteiger partial charge on any atom is 0.238 e. The van der Waals surface area contributed by atoms with Crippen LogP contribution in [0.1, 0.15) is 15.9 Å². The van der Waals surface area contributed by atoms with E-state index in [9.17, 15) is 9.59 Å². The molecule has 0 aliphatic carbocycles. The molecule has 0 unspecified atom stereocenters. The fourth-order valence-corrected chi connectivity index (χ4v) is 1.03. The van der Waals surface area contributed by atoms with Crippen LogP contribution in [-0.4, -0.2) is 12.2 Å². The molecule has 1 aromatic rings. The second-order valence-corrected chi connectivity index (χ2v) is 2.37. The van der Waals surface area contributed by atoms with E-state index >= 15 is 0 Å². The van der Waals surface area contributed by atoms with Crippen LogP contribution in [0.25, 0.3) is 0 Å². The standard InChI is InChI=1S/C9H8N2O2.Y/c1-11-8-6(5-12)3-2-4-7(8)9(10)13;/h2-4,11H,1H2,(H2,10,13);/q-2;. The van der Waals surface area contributed by atoms with Gasteiger partial charge in [-0.1, -0.05) is 11.8 Å². The van der Waals surface area contributed by atoms with Crippen LogP contribution >= 0.6 is 0 Å². The van der Waals surface area contributed by atoms with Gasteiger partial charge in [0.1, 0.15) is 0 Å². The van der Waals surface area contributed by atoms with Crippen LogP contribution in [0.15, 0.2) is 18.2 Å². The SMILES string of the molecule is [CH2-]Nc1c([C-]=O)cccc1C(N)=O.[Y]. The Hall–Kier alpha value is -0.736. The van der Waals surface area contributed by atoms with Crippen molar-refractivity contribution in [3.05, 3.63) is 36.4 Å². The summed E-state index contributed by atoms with van der Waals surface area (Å²) in [5, 5.41) is 2.48.